The van der Waals surface area contributed by atoms with Gasteiger partial charge in [-0.3, -0.25) is 15.2 Å². The number of nitrogens with one attached hydrogen (secondary N) is 1. The third-order valence-electron chi connectivity index (χ3n) is 4.60. The first-order chi connectivity index (χ1) is 14.2. The Morgan fingerprint density at radius 2 is 1.48 bits per heavy atom. The summed E-state index contributed by atoms with van der Waals surface area (Å²) in [7, 11) is 3.21. The SMILES string of the molecule is COc1ccc(CCC(=O)NN(Cc2ccccc2)c2ccccc2)cc1OC. The fourth-order valence-corrected chi connectivity index (χ4v) is 3.07. The first kappa shape index (κ1) is 20.3. The maximum absolute atomic E-state index is 12.7. The summed E-state index contributed by atoms with van der Waals surface area (Å²) < 4.78 is 10.6. The topological polar surface area (TPSA) is 50.8 Å². The van der Waals surface area contributed by atoms with Gasteiger partial charge in [-0.2, -0.15) is 0 Å². The van der Waals surface area contributed by atoms with Gasteiger partial charge in [0.2, 0.25) is 5.91 Å². The van der Waals surface area contributed by atoms with E-state index in [0.29, 0.717) is 30.9 Å². The molecule has 0 aromatic heterocycles. The van der Waals surface area contributed by atoms with Crippen molar-refractivity contribution in [2.45, 2.75) is 19.4 Å². The fraction of sp³-hybridized carbons (Fsp3) is 0.208. The molecule has 0 aliphatic carbocycles. The Kier molecular flexibility index (Phi) is 7.11. The average Bonchev–Trinajstić information content (AvgIpc) is 2.78. The molecule has 5 nitrogen and oxygen atoms in total. The molecular weight excluding hydrogens is 364 g/mol. The molecular formula is C24H26N2O3. The van der Waals surface area contributed by atoms with E-state index in [0.717, 1.165) is 16.8 Å². The van der Waals surface area contributed by atoms with Crippen LogP contribution < -0.4 is 19.9 Å². The lowest BCUT2D eigenvalue weighted by molar-refractivity contribution is -0.121. The van der Waals surface area contributed by atoms with Gasteiger partial charge in [-0.25, -0.2) is 0 Å². The van der Waals surface area contributed by atoms with Crippen molar-refractivity contribution in [1.29, 1.82) is 0 Å². The zero-order valence-corrected chi connectivity index (χ0v) is 16.8. The van der Waals surface area contributed by atoms with Crippen LogP contribution in [-0.4, -0.2) is 20.1 Å². The van der Waals surface area contributed by atoms with Gasteiger partial charge in [0, 0.05) is 6.42 Å². The van der Waals surface area contributed by atoms with Gasteiger partial charge in [-0.1, -0.05) is 54.6 Å². The second kappa shape index (κ2) is 10.2. The van der Waals surface area contributed by atoms with Crippen LogP contribution in [0.5, 0.6) is 11.5 Å². The zero-order valence-electron chi connectivity index (χ0n) is 16.8. The fourth-order valence-electron chi connectivity index (χ4n) is 3.07. The highest BCUT2D eigenvalue weighted by atomic mass is 16.5. The Hall–Kier alpha value is -3.47. The van der Waals surface area contributed by atoms with E-state index in [1.165, 1.54) is 0 Å². The van der Waals surface area contributed by atoms with Crippen molar-refractivity contribution in [3.63, 3.8) is 0 Å². The molecule has 0 aliphatic heterocycles. The van der Waals surface area contributed by atoms with Gasteiger partial charge in [-0.15, -0.1) is 0 Å². The Morgan fingerprint density at radius 1 is 0.828 bits per heavy atom. The maximum atomic E-state index is 12.7. The molecule has 0 saturated carbocycles. The van der Waals surface area contributed by atoms with E-state index in [2.05, 4.69) is 5.43 Å². The quantitative estimate of drug-likeness (QED) is 0.551. The summed E-state index contributed by atoms with van der Waals surface area (Å²) in [5.74, 6) is 1.30. The number of carbonyl (C=O) groups is 1. The number of hydrogen-bond donors (Lipinski definition) is 1. The summed E-state index contributed by atoms with van der Waals surface area (Å²) in [4.78, 5) is 12.7. The lowest BCUT2D eigenvalue weighted by Crippen LogP contribution is -2.42. The number of amides is 1. The molecule has 0 saturated heterocycles. The van der Waals surface area contributed by atoms with Gasteiger partial charge in [0.15, 0.2) is 11.5 Å². The summed E-state index contributed by atoms with van der Waals surface area (Å²) in [6.07, 6.45) is 0.980. The number of aryl methyl sites for hydroxylation is 1. The van der Waals surface area contributed by atoms with E-state index in [-0.39, 0.29) is 5.91 Å². The number of ether oxygens (including phenoxy) is 2. The van der Waals surface area contributed by atoms with Crippen molar-refractivity contribution < 1.29 is 14.3 Å². The van der Waals surface area contributed by atoms with Crippen molar-refractivity contribution in [3.8, 4) is 11.5 Å². The molecule has 1 amide bonds. The van der Waals surface area contributed by atoms with E-state index in [4.69, 9.17) is 9.47 Å². The first-order valence-electron chi connectivity index (χ1n) is 9.56. The molecule has 0 aliphatic rings. The highest BCUT2D eigenvalue weighted by molar-refractivity contribution is 5.78. The van der Waals surface area contributed by atoms with Crippen molar-refractivity contribution in [1.82, 2.24) is 5.43 Å². The van der Waals surface area contributed by atoms with Gasteiger partial charge in [0.1, 0.15) is 0 Å². The average molecular weight is 390 g/mol. The van der Waals surface area contributed by atoms with Crippen LogP contribution >= 0.6 is 0 Å². The number of hydrazine groups is 1. The molecule has 0 unspecified atom stereocenters. The summed E-state index contributed by atoms with van der Waals surface area (Å²) >= 11 is 0. The van der Waals surface area contributed by atoms with Gasteiger partial charge in [0.05, 0.1) is 26.5 Å². The monoisotopic (exact) mass is 390 g/mol. The van der Waals surface area contributed by atoms with Crippen molar-refractivity contribution in [2.75, 3.05) is 19.2 Å². The van der Waals surface area contributed by atoms with E-state index in [1.807, 2.05) is 83.9 Å². The number of carbonyl (C=O) groups excluding carboxylic acids is 1. The van der Waals surface area contributed by atoms with Crippen LogP contribution in [0.15, 0.2) is 78.9 Å². The van der Waals surface area contributed by atoms with Gasteiger partial charge < -0.3 is 9.47 Å². The van der Waals surface area contributed by atoms with Crippen LogP contribution in [-0.2, 0) is 17.8 Å². The molecule has 0 fully saturated rings. The maximum Gasteiger partial charge on any atom is 0.238 e. The predicted octanol–water partition coefficient (Wildman–Crippen LogP) is 4.37. The molecule has 1 N–H and O–H groups in total. The molecule has 3 aromatic carbocycles. The highest BCUT2D eigenvalue weighted by Crippen LogP contribution is 2.28. The first-order valence-corrected chi connectivity index (χ1v) is 9.56. The van der Waals surface area contributed by atoms with Crippen LogP contribution in [0.3, 0.4) is 0 Å². The molecule has 3 rings (SSSR count). The minimum atomic E-state index is -0.0421. The summed E-state index contributed by atoms with van der Waals surface area (Å²) in [6, 6.07) is 25.6. The number of methoxy groups -OCH3 is 2. The van der Waals surface area contributed by atoms with Gasteiger partial charge in [-0.05, 0) is 41.8 Å². The van der Waals surface area contributed by atoms with E-state index >= 15 is 0 Å². The highest BCUT2D eigenvalue weighted by Gasteiger charge is 2.12. The molecule has 0 heterocycles. The second-order valence-electron chi connectivity index (χ2n) is 6.63. The number of hydrogen-bond acceptors (Lipinski definition) is 4. The van der Waals surface area contributed by atoms with E-state index < -0.39 is 0 Å². The Labute approximate surface area is 171 Å². The van der Waals surface area contributed by atoms with Crippen LogP contribution in [0.4, 0.5) is 5.69 Å². The standard InChI is InChI=1S/C24H26N2O3/c1-28-22-15-13-19(17-23(22)29-2)14-16-24(27)25-26(21-11-7-4-8-12-21)18-20-9-5-3-6-10-20/h3-13,15,17H,14,16,18H2,1-2H3,(H,25,27). The minimum absolute atomic E-state index is 0.0421. The third-order valence-corrected chi connectivity index (χ3v) is 4.60. The Balaban J connectivity index is 1.65. The summed E-state index contributed by atoms with van der Waals surface area (Å²) in [5, 5.41) is 1.88. The number of para-hydroxylation sites is 1. The molecule has 0 bridgehead atoms. The smallest absolute Gasteiger partial charge is 0.238 e. The predicted molar refractivity (Wildman–Crippen MR) is 115 cm³/mol. The number of benzene rings is 3. The molecule has 3 aromatic rings. The molecule has 0 spiro atoms. The van der Waals surface area contributed by atoms with Crippen LogP contribution in [0.2, 0.25) is 0 Å². The normalized spacial score (nSPS) is 10.3. The van der Waals surface area contributed by atoms with E-state index in [9.17, 15) is 4.79 Å². The zero-order chi connectivity index (χ0) is 20.5. The lowest BCUT2D eigenvalue weighted by Gasteiger charge is -2.25. The minimum Gasteiger partial charge on any atom is -0.493 e. The third kappa shape index (κ3) is 5.75. The van der Waals surface area contributed by atoms with Gasteiger partial charge >= 0.3 is 0 Å². The van der Waals surface area contributed by atoms with Crippen LogP contribution in [0, 0.1) is 0 Å². The number of anilines is 1. The van der Waals surface area contributed by atoms with Crippen molar-refractivity contribution in [3.05, 3.63) is 90.0 Å². The lowest BCUT2D eigenvalue weighted by atomic mass is 10.1. The van der Waals surface area contributed by atoms with Crippen LogP contribution in [0.25, 0.3) is 0 Å². The number of nitrogens with zero attached hydrogens (tertiary/aromatic N) is 1. The second-order valence-corrected chi connectivity index (χ2v) is 6.63. The largest absolute Gasteiger partial charge is 0.493 e. The van der Waals surface area contributed by atoms with Crippen molar-refractivity contribution >= 4 is 11.6 Å². The molecule has 150 valence electrons. The van der Waals surface area contributed by atoms with Crippen LogP contribution in [0.1, 0.15) is 17.5 Å². The molecule has 29 heavy (non-hydrogen) atoms. The summed E-state index contributed by atoms with van der Waals surface area (Å²) in [6.45, 7) is 0.590. The molecule has 0 radical (unpaired) electrons. The molecule has 5 heteroatoms. The van der Waals surface area contributed by atoms with Crippen molar-refractivity contribution in [2.24, 2.45) is 0 Å². The summed E-state index contributed by atoms with van der Waals surface area (Å²) in [5.41, 5.74) is 6.12. The Morgan fingerprint density at radius 3 is 2.14 bits per heavy atom. The Bertz CT molecular complexity index is 914. The van der Waals surface area contributed by atoms with E-state index in [1.54, 1.807) is 14.2 Å². The number of rotatable bonds is 9. The molecule has 0 atom stereocenters. The van der Waals surface area contributed by atoms with Gasteiger partial charge in [0.25, 0.3) is 0 Å².